The number of aromatic hydroxyl groups is 1. The van der Waals surface area contributed by atoms with E-state index in [4.69, 9.17) is 9.47 Å². The molecule has 3 rings (SSSR count). The van der Waals surface area contributed by atoms with Crippen molar-refractivity contribution >= 4 is 5.91 Å². The first-order valence-electron chi connectivity index (χ1n) is 9.59. The van der Waals surface area contributed by atoms with Crippen LogP contribution in [0.5, 0.6) is 17.2 Å². The predicted octanol–water partition coefficient (Wildman–Crippen LogP) is 2.73. The Balaban J connectivity index is 1.46. The van der Waals surface area contributed by atoms with E-state index in [1.165, 1.54) is 7.11 Å². The van der Waals surface area contributed by atoms with Crippen LogP contribution in [0.25, 0.3) is 0 Å². The molecule has 28 heavy (non-hydrogen) atoms. The molecule has 1 aliphatic rings. The second-order valence-corrected chi connectivity index (χ2v) is 7.03. The normalized spacial score (nSPS) is 14.7. The van der Waals surface area contributed by atoms with Crippen LogP contribution in [0.1, 0.15) is 24.0 Å². The Hall–Kier alpha value is -2.73. The van der Waals surface area contributed by atoms with Crippen LogP contribution >= 0.6 is 0 Å². The number of rotatable bonds is 7. The molecule has 1 amide bonds. The smallest absolute Gasteiger partial charge is 0.227 e. The summed E-state index contributed by atoms with van der Waals surface area (Å²) in [5, 5.41) is 13.4. The van der Waals surface area contributed by atoms with E-state index in [2.05, 4.69) is 5.32 Å². The largest absolute Gasteiger partial charge is 0.504 e. The van der Waals surface area contributed by atoms with Gasteiger partial charge in [-0.3, -0.25) is 4.79 Å². The van der Waals surface area contributed by atoms with E-state index in [0.717, 1.165) is 42.8 Å². The van der Waals surface area contributed by atoms with Gasteiger partial charge >= 0.3 is 0 Å². The number of carbonyl (C=O) groups is 1. The highest BCUT2D eigenvalue weighted by Crippen LogP contribution is 2.26. The zero-order valence-electron chi connectivity index (χ0n) is 16.5. The van der Waals surface area contributed by atoms with Gasteiger partial charge in [-0.1, -0.05) is 24.3 Å². The Labute approximate surface area is 166 Å². The van der Waals surface area contributed by atoms with E-state index in [0.29, 0.717) is 24.8 Å². The second-order valence-electron chi connectivity index (χ2n) is 7.03. The van der Waals surface area contributed by atoms with E-state index in [-0.39, 0.29) is 11.7 Å². The summed E-state index contributed by atoms with van der Waals surface area (Å²) in [6.07, 6.45) is 2.20. The van der Waals surface area contributed by atoms with Crippen LogP contribution in [0, 0.1) is 0 Å². The molecule has 0 atom stereocenters. The number of methoxy groups -OCH3 is 2. The molecule has 0 spiro atoms. The third-order valence-corrected chi connectivity index (χ3v) is 5.22. The van der Waals surface area contributed by atoms with Crippen LogP contribution in [-0.4, -0.2) is 49.3 Å². The van der Waals surface area contributed by atoms with Gasteiger partial charge in [-0.15, -0.1) is 0 Å². The third kappa shape index (κ3) is 4.95. The van der Waals surface area contributed by atoms with E-state index in [1.807, 2.05) is 35.2 Å². The molecule has 0 radical (unpaired) electrons. The van der Waals surface area contributed by atoms with Gasteiger partial charge in [0.2, 0.25) is 5.91 Å². The Morgan fingerprint density at radius 2 is 1.82 bits per heavy atom. The molecule has 150 valence electrons. The van der Waals surface area contributed by atoms with Crippen molar-refractivity contribution in [2.24, 2.45) is 0 Å². The van der Waals surface area contributed by atoms with Gasteiger partial charge < -0.3 is 24.8 Å². The number of phenolic OH excluding ortho intramolecular Hbond substituents is 1. The molecule has 1 aliphatic heterocycles. The first kappa shape index (κ1) is 20.0. The number of nitrogens with one attached hydrogen (secondary N) is 1. The number of likely N-dealkylation sites (tertiary alicyclic amines) is 1. The fraction of sp³-hybridized carbons (Fsp3) is 0.409. The van der Waals surface area contributed by atoms with E-state index >= 15 is 0 Å². The molecule has 6 heteroatoms. The van der Waals surface area contributed by atoms with Crippen LogP contribution in [0.3, 0.4) is 0 Å². The lowest BCUT2D eigenvalue weighted by molar-refractivity contribution is -0.131. The average molecular weight is 384 g/mol. The number of benzene rings is 2. The average Bonchev–Trinajstić information content (AvgIpc) is 2.73. The topological polar surface area (TPSA) is 71.0 Å². The van der Waals surface area contributed by atoms with Crippen molar-refractivity contribution in [2.75, 3.05) is 27.3 Å². The first-order chi connectivity index (χ1) is 13.6. The quantitative estimate of drug-likeness (QED) is 0.768. The van der Waals surface area contributed by atoms with E-state index in [1.54, 1.807) is 19.2 Å². The van der Waals surface area contributed by atoms with Crippen molar-refractivity contribution in [2.45, 2.75) is 31.8 Å². The molecule has 0 saturated carbocycles. The van der Waals surface area contributed by atoms with Gasteiger partial charge in [0.15, 0.2) is 11.5 Å². The van der Waals surface area contributed by atoms with Crippen molar-refractivity contribution in [3.8, 4) is 17.2 Å². The molecule has 0 aliphatic carbocycles. The molecule has 1 fully saturated rings. The fourth-order valence-electron chi connectivity index (χ4n) is 3.56. The van der Waals surface area contributed by atoms with Gasteiger partial charge in [0.1, 0.15) is 5.75 Å². The summed E-state index contributed by atoms with van der Waals surface area (Å²) < 4.78 is 10.4. The molecular weight excluding hydrogens is 356 g/mol. The van der Waals surface area contributed by atoms with Gasteiger partial charge in [-0.25, -0.2) is 0 Å². The van der Waals surface area contributed by atoms with Crippen molar-refractivity contribution in [1.82, 2.24) is 10.2 Å². The number of hydrogen-bond acceptors (Lipinski definition) is 5. The number of amides is 1. The number of para-hydroxylation sites is 1. The highest BCUT2D eigenvalue weighted by molar-refractivity contribution is 5.79. The summed E-state index contributed by atoms with van der Waals surface area (Å²) in [5.41, 5.74) is 1.93. The highest BCUT2D eigenvalue weighted by Gasteiger charge is 2.23. The predicted molar refractivity (Wildman–Crippen MR) is 108 cm³/mol. The molecule has 0 unspecified atom stereocenters. The molecule has 2 aromatic rings. The van der Waals surface area contributed by atoms with Crippen LogP contribution < -0.4 is 14.8 Å². The standard InChI is InChI=1S/C22H28N2O4/c1-27-20-6-4-3-5-17(20)14-22(26)24-11-9-18(10-12-24)23-15-16-7-8-21(28-2)19(25)13-16/h3-8,13,18,23,25H,9-12,14-15H2,1-2H3. The lowest BCUT2D eigenvalue weighted by Gasteiger charge is -2.32. The summed E-state index contributed by atoms with van der Waals surface area (Å²) in [5.74, 6) is 1.53. The number of carbonyl (C=O) groups excluding carboxylic acids is 1. The molecule has 2 N–H and O–H groups in total. The maximum atomic E-state index is 12.6. The zero-order valence-corrected chi connectivity index (χ0v) is 16.5. The number of nitrogens with zero attached hydrogens (tertiary/aromatic N) is 1. The Morgan fingerprint density at radius 3 is 2.50 bits per heavy atom. The van der Waals surface area contributed by atoms with Crippen molar-refractivity contribution in [1.29, 1.82) is 0 Å². The van der Waals surface area contributed by atoms with Crippen molar-refractivity contribution in [3.63, 3.8) is 0 Å². The zero-order chi connectivity index (χ0) is 19.9. The number of ether oxygens (including phenoxy) is 2. The number of piperidine rings is 1. The summed E-state index contributed by atoms with van der Waals surface area (Å²) in [6, 6.07) is 13.5. The fourth-order valence-corrected chi connectivity index (χ4v) is 3.56. The van der Waals surface area contributed by atoms with Crippen LogP contribution in [0.15, 0.2) is 42.5 Å². The summed E-state index contributed by atoms with van der Waals surface area (Å²) in [4.78, 5) is 14.6. The Kier molecular flexibility index (Phi) is 6.76. The molecule has 6 nitrogen and oxygen atoms in total. The van der Waals surface area contributed by atoms with Crippen molar-refractivity contribution < 1.29 is 19.4 Å². The maximum Gasteiger partial charge on any atom is 0.227 e. The second kappa shape index (κ2) is 9.46. The molecule has 1 saturated heterocycles. The Bertz CT molecular complexity index is 801. The van der Waals surface area contributed by atoms with Crippen LogP contribution in [0.2, 0.25) is 0 Å². The maximum absolute atomic E-state index is 12.6. The summed E-state index contributed by atoms with van der Waals surface area (Å²) in [6.45, 7) is 2.18. The first-order valence-corrected chi connectivity index (χ1v) is 9.59. The molecule has 0 bridgehead atoms. The van der Waals surface area contributed by atoms with Crippen LogP contribution in [0.4, 0.5) is 0 Å². The van der Waals surface area contributed by atoms with Gasteiger partial charge in [0.25, 0.3) is 0 Å². The minimum Gasteiger partial charge on any atom is -0.504 e. The van der Waals surface area contributed by atoms with Gasteiger partial charge in [-0.05, 0) is 36.6 Å². The number of hydrogen-bond donors (Lipinski definition) is 2. The molecule has 2 aromatic carbocycles. The monoisotopic (exact) mass is 384 g/mol. The van der Waals surface area contributed by atoms with Crippen LogP contribution in [-0.2, 0) is 17.8 Å². The lowest BCUT2D eigenvalue weighted by atomic mass is 10.0. The van der Waals surface area contributed by atoms with Gasteiger partial charge in [0.05, 0.1) is 20.6 Å². The van der Waals surface area contributed by atoms with Gasteiger partial charge in [0, 0.05) is 31.2 Å². The molecule has 1 heterocycles. The van der Waals surface area contributed by atoms with E-state index in [9.17, 15) is 9.90 Å². The SMILES string of the molecule is COc1ccc(CNC2CCN(C(=O)Cc3ccccc3OC)CC2)cc1O. The minimum absolute atomic E-state index is 0.142. The minimum atomic E-state index is 0.142. The van der Waals surface area contributed by atoms with E-state index < -0.39 is 0 Å². The van der Waals surface area contributed by atoms with Gasteiger partial charge in [-0.2, -0.15) is 0 Å². The lowest BCUT2D eigenvalue weighted by Crippen LogP contribution is -2.45. The highest BCUT2D eigenvalue weighted by atomic mass is 16.5. The summed E-state index contributed by atoms with van der Waals surface area (Å²) >= 11 is 0. The Morgan fingerprint density at radius 1 is 1.11 bits per heavy atom. The third-order valence-electron chi connectivity index (χ3n) is 5.22. The summed E-state index contributed by atoms with van der Waals surface area (Å²) in [7, 11) is 3.17. The number of phenols is 1. The molecule has 0 aromatic heterocycles. The molecular formula is C22H28N2O4. The van der Waals surface area contributed by atoms with Crippen molar-refractivity contribution in [3.05, 3.63) is 53.6 Å².